The molecule has 1 N–H and O–H groups in total. The molecule has 0 bridgehead atoms. The first kappa shape index (κ1) is 22.5. The van der Waals surface area contributed by atoms with E-state index in [4.69, 9.17) is 4.74 Å². The average Bonchev–Trinajstić information content (AvgIpc) is 2.62. The van der Waals surface area contributed by atoms with Crippen molar-refractivity contribution in [2.45, 2.75) is 71.9 Å². The molecule has 0 aliphatic rings. The normalized spacial score (nSPS) is 12.0. The van der Waals surface area contributed by atoms with E-state index in [9.17, 15) is 4.79 Å². The Morgan fingerprint density at radius 2 is 1.62 bits per heavy atom. The Morgan fingerprint density at radius 1 is 1.04 bits per heavy atom. The summed E-state index contributed by atoms with van der Waals surface area (Å²) in [5.74, 6) is 0. The van der Waals surface area contributed by atoms with Crippen LogP contribution in [-0.2, 0) is 11.3 Å². The minimum Gasteiger partial charge on any atom is -0.445 e. The van der Waals surface area contributed by atoms with Gasteiger partial charge >= 0.3 is 6.09 Å². The molecule has 1 aromatic carbocycles. The third kappa shape index (κ3) is 9.23. The van der Waals surface area contributed by atoms with Crippen LogP contribution in [0.2, 0.25) is 0 Å². The molecule has 0 heterocycles. The van der Waals surface area contributed by atoms with Gasteiger partial charge in [0, 0.05) is 12.0 Å². The number of amides is 1. The minimum atomic E-state index is -0.338. The molecule has 1 rings (SSSR count). The van der Waals surface area contributed by atoms with E-state index in [1.165, 1.54) is 38.8 Å². The molecule has 0 aliphatic carbocycles. The second-order valence-corrected chi connectivity index (χ2v) is 8.32. The molecule has 0 spiro atoms. The summed E-state index contributed by atoms with van der Waals surface area (Å²) < 4.78 is 6.46. The lowest BCUT2D eigenvalue weighted by Crippen LogP contribution is -2.51. The summed E-state index contributed by atoms with van der Waals surface area (Å²) in [5.41, 5.74) is 0.731. The van der Waals surface area contributed by atoms with E-state index < -0.39 is 0 Å². The van der Waals surface area contributed by atoms with Crippen LogP contribution in [0.5, 0.6) is 0 Å². The first-order valence-corrected chi connectivity index (χ1v) is 10.1. The zero-order chi connectivity index (χ0) is 19.5. The van der Waals surface area contributed by atoms with Gasteiger partial charge in [-0.2, -0.15) is 0 Å². The Hall–Kier alpha value is -1.55. The lowest BCUT2D eigenvalue weighted by Gasteiger charge is -2.37. The molecule has 0 atom stereocenters. The fraction of sp³-hybridized carbons (Fsp3) is 0.682. The zero-order valence-electron chi connectivity index (χ0n) is 17.5. The largest absolute Gasteiger partial charge is 0.445 e. The van der Waals surface area contributed by atoms with Crippen LogP contribution in [0, 0.1) is 0 Å². The molecule has 0 fully saturated rings. The SMILES string of the molecule is CCCC[N+](C)(CCCC)CCC(C)(C)NC(=O)OCc1ccccc1. The number of hydrogen-bond donors (Lipinski definition) is 1. The zero-order valence-corrected chi connectivity index (χ0v) is 17.5. The number of alkyl carbamates (subject to hydrolysis) is 1. The second kappa shape index (κ2) is 11.2. The van der Waals surface area contributed by atoms with E-state index in [0.29, 0.717) is 6.61 Å². The van der Waals surface area contributed by atoms with Gasteiger partial charge in [-0.3, -0.25) is 0 Å². The van der Waals surface area contributed by atoms with Gasteiger partial charge in [-0.15, -0.1) is 0 Å². The summed E-state index contributed by atoms with van der Waals surface area (Å²) in [4.78, 5) is 12.2. The monoisotopic (exact) mass is 363 g/mol. The van der Waals surface area contributed by atoms with Gasteiger partial charge in [-0.05, 0) is 32.3 Å². The summed E-state index contributed by atoms with van der Waals surface area (Å²) in [6.07, 6.45) is 5.58. The summed E-state index contributed by atoms with van der Waals surface area (Å²) in [7, 11) is 2.36. The lowest BCUT2D eigenvalue weighted by atomic mass is 9.99. The number of quaternary nitrogens is 1. The third-order valence-electron chi connectivity index (χ3n) is 5.03. The van der Waals surface area contributed by atoms with Crippen molar-refractivity contribution in [2.24, 2.45) is 0 Å². The highest BCUT2D eigenvalue weighted by Gasteiger charge is 2.27. The fourth-order valence-corrected chi connectivity index (χ4v) is 3.06. The third-order valence-corrected chi connectivity index (χ3v) is 5.03. The fourth-order valence-electron chi connectivity index (χ4n) is 3.06. The van der Waals surface area contributed by atoms with Crippen LogP contribution >= 0.6 is 0 Å². The predicted molar refractivity (Wildman–Crippen MR) is 109 cm³/mol. The van der Waals surface area contributed by atoms with Gasteiger partial charge in [-0.1, -0.05) is 57.0 Å². The summed E-state index contributed by atoms with van der Waals surface area (Å²) in [6.45, 7) is 12.5. The molecule has 0 saturated heterocycles. The molecule has 4 heteroatoms. The molecule has 4 nitrogen and oxygen atoms in total. The summed E-state index contributed by atoms with van der Waals surface area (Å²) in [6, 6.07) is 9.78. The number of carbonyl (C=O) groups is 1. The first-order chi connectivity index (χ1) is 12.3. The molecule has 1 amide bonds. The van der Waals surface area contributed by atoms with Crippen molar-refractivity contribution in [3.05, 3.63) is 35.9 Å². The van der Waals surface area contributed by atoms with Gasteiger partial charge in [0.2, 0.25) is 0 Å². The van der Waals surface area contributed by atoms with Gasteiger partial charge in [0.25, 0.3) is 0 Å². The Kier molecular flexibility index (Phi) is 9.71. The van der Waals surface area contributed by atoms with E-state index in [-0.39, 0.29) is 11.6 Å². The number of ether oxygens (including phenoxy) is 1. The molecule has 26 heavy (non-hydrogen) atoms. The Bertz CT molecular complexity index is 506. The Morgan fingerprint density at radius 3 is 2.15 bits per heavy atom. The maximum Gasteiger partial charge on any atom is 0.407 e. The van der Waals surface area contributed by atoms with Crippen LogP contribution in [-0.4, -0.2) is 42.8 Å². The van der Waals surface area contributed by atoms with Crippen molar-refractivity contribution in [2.75, 3.05) is 26.7 Å². The smallest absolute Gasteiger partial charge is 0.407 e. The van der Waals surface area contributed by atoms with Crippen LogP contribution in [0.4, 0.5) is 4.79 Å². The summed E-state index contributed by atoms with van der Waals surface area (Å²) >= 11 is 0. The highest BCUT2D eigenvalue weighted by atomic mass is 16.5. The van der Waals surface area contributed by atoms with Gasteiger partial charge in [0.15, 0.2) is 0 Å². The number of benzene rings is 1. The average molecular weight is 364 g/mol. The molecule has 0 radical (unpaired) electrons. The molecule has 148 valence electrons. The number of carbonyl (C=O) groups excluding carboxylic acids is 1. The van der Waals surface area contributed by atoms with Crippen molar-refractivity contribution in [1.29, 1.82) is 0 Å². The van der Waals surface area contributed by atoms with E-state index in [1.54, 1.807) is 0 Å². The predicted octanol–water partition coefficient (Wildman–Crippen LogP) is 5.13. The van der Waals surface area contributed by atoms with Crippen LogP contribution in [0.25, 0.3) is 0 Å². The molecular weight excluding hydrogens is 324 g/mol. The molecule has 1 aromatic rings. The van der Waals surface area contributed by atoms with E-state index in [1.807, 2.05) is 30.3 Å². The molecule has 0 aliphatic heterocycles. The quantitative estimate of drug-likeness (QED) is 0.523. The number of unbranched alkanes of at least 4 members (excludes halogenated alkanes) is 2. The van der Waals surface area contributed by atoms with E-state index >= 15 is 0 Å². The van der Waals surface area contributed by atoms with E-state index in [0.717, 1.165) is 23.0 Å². The number of nitrogens with zero attached hydrogens (tertiary/aromatic N) is 1. The Balaban J connectivity index is 2.47. The second-order valence-electron chi connectivity index (χ2n) is 8.32. The van der Waals surface area contributed by atoms with Gasteiger partial charge in [0.05, 0.1) is 26.7 Å². The van der Waals surface area contributed by atoms with Gasteiger partial charge in [-0.25, -0.2) is 4.79 Å². The molecule has 0 saturated carbocycles. The van der Waals surface area contributed by atoms with Crippen molar-refractivity contribution < 1.29 is 14.0 Å². The van der Waals surface area contributed by atoms with Crippen molar-refractivity contribution in [3.63, 3.8) is 0 Å². The minimum absolute atomic E-state index is 0.272. The highest BCUT2D eigenvalue weighted by Crippen LogP contribution is 2.16. The van der Waals surface area contributed by atoms with Crippen LogP contribution < -0.4 is 5.32 Å². The maximum absolute atomic E-state index is 12.2. The molecular formula is C22H39N2O2+. The Labute approximate surface area is 160 Å². The van der Waals surface area contributed by atoms with E-state index in [2.05, 4.69) is 40.1 Å². The highest BCUT2D eigenvalue weighted by molar-refractivity contribution is 5.68. The topological polar surface area (TPSA) is 38.3 Å². The molecule has 0 aromatic heterocycles. The number of rotatable bonds is 12. The van der Waals surface area contributed by atoms with Gasteiger partial charge < -0.3 is 14.5 Å². The van der Waals surface area contributed by atoms with Crippen LogP contribution in [0.1, 0.15) is 65.4 Å². The summed E-state index contributed by atoms with van der Waals surface area (Å²) in [5, 5.41) is 3.04. The number of hydrogen-bond acceptors (Lipinski definition) is 2. The lowest BCUT2D eigenvalue weighted by molar-refractivity contribution is -0.910. The van der Waals surface area contributed by atoms with Gasteiger partial charge in [0.1, 0.15) is 6.61 Å². The standard InChI is InChI=1S/C22H38N2O2/c1-6-8-16-24(5,17-9-7-2)18-15-22(3,4)23-21(25)26-19-20-13-11-10-12-14-20/h10-14H,6-9,15-19H2,1-5H3/p+1. The number of nitrogens with one attached hydrogen (secondary N) is 1. The molecule has 0 unspecified atom stereocenters. The van der Waals surface area contributed by atoms with Crippen LogP contribution in [0.3, 0.4) is 0 Å². The van der Waals surface area contributed by atoms with Crippen LogP contribution in [0.15, 0.2) is 30.3 Å². The van der Waals surface area contributed by atoms with Crippen molar-refractivity contribution in [1.82, 2.24) is 5.32 Å². The van der Waals surface area contributed by atoms with Crippen molar-refractivity contribution in [3.8, 4) is 0 Å². The first-order valence-electron chi connectivity index (χ1n) is 10.1. The van der Waals surface area contributed by atoms with Crippen molar-refractivity contribution >= 4 is 6.09 Å². The maximum atomic E-state index is 12.2.